The second-order valence-corrected chi connectivity index (χ2v) is 4.40. The Labute approximate surface area is 100 Å². The third-order valence-corrected chi connectivity index (χ3v) is 2.88. The lowest BCUT2D eigenvalue weighted by atomic mass is 9.89. The maximum absolute atomic E-state index is 13.4. The number of hydrogen-bond donors (Lipinski definition) is 1. The monoisotopic (exact) mass is 234 g/mol. The molecule has 1 aromatic carbocycles. The van der Waals surface area contributed by atoms with Crippen molar-refractivity contribution in [1.82, 2.24) is 5.32 Å². The number of benzene rings is 1. The third-order valence-electron chi connectivity index (χ3n) is 2.88. The van der Waals surface area contributed by atoms with Crippen LogP contribution in [0.4, 0.5) is 4.39 Å². The topological polar surface area (TPSA) is 52.9 Å². The van der Waals surface area contributed by atoms with Gasteiger partial charge in [0.05, 0.1) is 11.6 Å². The molecule has 0 aliphatic rings. The van der Waals surface area contributed by atoms with Gasteiger partial charge in [-0.2, -0.15) is 5.26 Å². The summed E-state index contributed by atoms with van der Waals surface area (Å²) in [5.74, 6) is -1.22. The van der Waals surface area contributed by atoms with Gasteiger partial charge in [0.25, 0.3) is 5.91 Å². The van der Waals surface area contributed by atoms with Gasteiger partial charge >= 0.3 is 0 Å². The number of carbonyl (C=O) groups is 1. The van der Waals surface area contributed by atoms with Crippen molar-refractivity contribution < 1.29 is 9.18 Å². The van der Waals surface area contributed by atoms with Crippen molar-refractivity contribution in [1.29, 1.82) is 5.26 Å². The minimum Gasteiger partial charge on any atom is -0.334 e. The van der Waals surface area contributed by atoms with Gasteiger partial charge in [-0.1, -0.05) is 26.0 Å². The summed E-state index contributed by atoms with van der Waals surface area (Å²) < 4.78 is 13.4. The molecule has 1 rings (SSSR count). The largest absolute Gasteiger partial charge is 0.334 e. The molecule has 0 saturated heterocycles. The zero-order valence-corrected chi connectivity index (χ0v) is 10.1. The van der Waals surface area contributed by atoms with Crippen LogP contribution in [0.25, 0.3) is 0 Å². The molecule has 0 saturated carbocycles. The first kappa shape index (κ1) is 13.2. The Kier molecular flexibility index (Phi) is 3.84. The lowest BCUT2D eigenvalue weighted by Crippen LogP contribution is -2.49. The molecule has 1 amide bonds. The molecule has 0 aromatic heterocycles. The van der Waals surface area contributed by atoms with Crippen LogP contribution in [0.3, 0.4) is 0 Å². The molecule has 0 spiro atoms. The zero-order chi connectivity index (χ0) is 13.1. The van der Waals surface area contributed by atoms with Crippen LogP contribution in [0.15, 0.2) is 24.3 Å². The summed E-state index contributed by atoms with van der Waals surface area (Å²) >= 11 is 0. The molecule has 0 aliphatic carbocycles. The number of carbonyl (C=O) groups excluding carboxylic acids is 1. The minimum atomic E-state index is -1.00. The molecule has 0 bridgehead atoms. The molecule has 1 atom stereocenters. The summed E-state index contributed by atoms with van der Waals surface area (Å²) in [6.45, 7) is 5.27. The van der Waals surface area contributed by atoms with E-state index in [9.17, 15) is 9.18 Å². The van der Waals surface area contributed by atoms with Crippen LogP contribution in [0.1, 0.15) is 31.1 Å². The number of halogens is 1. The van der Waals surface area contributed by atoms with E-state index in [1.54, 1.807) is 13.0 Å². The molecule has 0 aliphatic heterocycles. The van der Waals surface area contributed by atoms with Crippen LogP contribution >= 0.6 is 0 Å². The molecule has 1 N–H and O–H groups in total. The van der Waals surface area contributed by atoms with Gasteiger partial charge in [0.2, 0.25) is 0 Å². The molecular weight excluding hydrogens is 219 g/mol. The maximum atomic E-state index is 13.4. The van der Waals surface area contributed by atoms with Gasteiger partial charge in [-0.25, -0.2) is 4.39 Å². The van der Waals surface area contributed by atoms with Crippen molar-refractivity contribution in [2.45, 2.75) is 26.3 Å². The number of nitrogens with one attached hydrogen (secondary N) is 1. The summed E-state index contributed by atoms with van der Waals surface area (Å²) in [5.41, 5.74) is -1.05. The first-order chi connectivity index (χ1) is 7.90. The minimum absolute atomic E-state index is 0.0466. The summed E-state index contributed by atoms with van der Waals surface area (Å²) in [7, 11) is 0. The van der Waals surface area contributed by atoms with Gasteiger partial charge < -0.3 is 5.32 Å². The van der Waals surface area contributed by atoms with Gasteiger partial charge in [0.1, 0.15) is 11.4 Å². The molecule has 0 radical (unpaired) electrons. The number of nitriles is 1. The molecule has 3 nitrogen and oxygen atoms in total. The van der Waals surface area contributed by atoms with Crippen molar-refractivity contribution in [3.8, 4) is 6.07 Å². The first-order valence-corrected chi connectivity index (χ1v) is 5.39. The highest BCUT2D eigenvalue weighted by Gasteiger charge is 2.30. The van der Waals surface area contributed by atoms with Crippen molar-refractivity contribution in [2.75, 3.05) is 0 Å². The van der Waals surface area contributed by atoms with Crippen LogP contribution in [-0.4, -0.2) is 11.4 Å². The number of hydrogen-bond acceptors (Lipinski definition) is 2. The second kappa shape index (κ2) is 4.96. The van der Waals surface area contributed by atoms with E-state index in [0.29, 0.717) is 0 Å². The average molecular weight is 234 g/mol. The summed E-state index contributed by atoms with van der Waals surface area (Å²) in [6, 6.07) is 7.74. The van der Waals surface area contributed by atoms with E-state index in [2.05, 4.69) is 5.32 Å². The van der Waals surface area contributed by atoms with Gasteiger partial charge in [-0.15, -0.1) is 0 Å². The lowest BCUT2D eigenvalue weighted by molar-refractivity contribution is 0.0904. The summed E-state index contributed by atoms with van der Waals surface area (Å²) in [4.78, 5) is 11.8. The molecular formula is C13H15FN2O. The van der Waals surface area contributed by atoms with Crippen molar-refractivity contribution >= 4 is 5.91 Å². The fourth-order valence-electron chi connectivity index (χ4n) is 1.25. The molecule has 0 fully saturated rings. The predicted octanol–water partition coefficient (Wildman–Crippen LogP) is 2.49. The second-order valence-electron chi connectivity index (χ2n) is 4.40. The van der Waals surface area contributed by atoms with Gasteiger partial charge in [0.15, 0.2) is 0 Å². The van der Waals surface area contributed by atoms with Crippen LogP contribution in [0.2, 0.25) is 0 Å². The van der Waals surface area contributed by atoms with E-state index in [4.69, 9.17) is 5.26 Å². The van der Waals surface area contributed by atoms with Crippen LogP contribution in [0, 0.1) is 23.1 Å². The van der Waals surface area contributed by atoms with E-state index in [-0.39, 0.29) is 11.5 Å². The first-order valence-electron chi connectivity index (χ1n) is 5.39. The van der Waals surface area contributed by atoms with Crippen molar-refractivity contribution in [2.24, 2.45) is 5.92 Å². The normalized spacial score (nSPS) is 13.9. The molecule has 90 valence electrons. The summed E-state index contributed by atoms with van der Waals surface area (Å²) in [5, 5.41) is 11.6. The molecule has 1 aromatic rings. The van der Waals surface area contributed by atoms with Crippen LogP contribution in [-0.2, 0) is 0 Å². The smallest absolute Gasteiger partial charge is 0.255 e. The standard InChI is InChI=1S/C13H15FN2O/c1-9(2)13(3,8-15)16-12(17)10-6-4-5-7-11(10)14/h4-7,9H,1-3H3,(H,16,17). The zero-order valence-electron chi connectivity index (χ0n) is 10.1. The van der Waals surface area contributed by atoms with Gasteiger partial charge in [-0.05, 0) is 25.0 Å². The number of amides is 1. The lowest BCUT2D eigenvalue weighted by Gasteiger charge is -2.27. The highest BCUT2D eigenvalue weighted by atomic mass is 19.1. The Morgan fingerprint density at radius 3 is 2.53 bits per heavy atom. The van der Waals surface area contributed by atoms with Crippen molar-refractivity contribution in [3.05, 3.63) is 35.6 Å². The Bertz CT molecular complexity index is 465. The quantitative estimate of drug-likeness (QED) is 0.873. The number of nitrogens with zero attached hydrogens (tertiary/aromatic N) is 1. The Morgan fingerprint density at radius 2 is 2.06 bits per heavy atom. The highest BCUT2D eigenvalue weighted by Crippen LogP contribution is 2.16. The van der Waals surface area contributed by atoms with Crippen molar-refractivity contribution in [3.63, 3.8) is 0 Å². The fraction of sp³-hybridized carbons (Fsp3) is 0.385. The Hall–Kier alpha value is -1.89. The Morgan fingerprint density at radius 1 is 1.47 bits per heavy atom. The molecule has 4 heteroatoms. The number of rotatable bonds is 3. The third kappa shape index (κ3) is 2.82. The SMILES string of the molecule is CC(C)C(C)(C#N)NC(=O)c1ccccc1F. The van der Waals surface area contributed by atoms with Gasteiger partial charge in [-0.3, -0.25) is 4.79 Å². The highest BCUT2D eigenvalue weighted by molar-refractivity contribution is 5.95. The van der Waals surface area contributed by atoms with Gasteiger partial charge in [0, 0.05) is 0 Å². The Balaban J connectivity index is 2.95. The maximum Gasteiger partial charge on any atom is 0.255 e. The van der Waals surface area contributed by atoms with E-state index >= 15 is 0 Å². The van der Waals surface area contributed by atoms with Crippen LogP contribution < -0.4 is 5.32 Å². The average Bonchev–Trinajstić information content (AvgIpc) is 2.29. The fourth-order valence-corrected chi connectivity index (χ4v) is 1.25. The molecule has 17 heavy (non-hydrogen) atoms. The van der Waals surface area contributed by atoms with E-state index in [0.717, 1.165) is 0 Å². The molecule has 0 heterocycles. The molecule has 1 unspecified atom stereocenters. The van der Waals surface area contributed by atoms with E-state index < -0.39 is 17.3 Å². The predicted molar refractivity (Wildman–Crippen MR) is 62.7 cm³/mol. The van der Waals surface area contributed by atoms with E-state index in [1.165, 1.54) is 18.2 Å². The van der Waals surface area contributed by atoms with E-state index in [1.807, 2.05) is 19.9 Å². The summed E-state index contributed by atoms with van der Waals surface area (Å²) in [6.07, 6.45) is 0. The van der Waals surface area contributed by atoms with Crippen LogP contribution in [0.5, 0.6) is 0 Å².